The first kappa shape index (κ1) is 11.2. The third-order valence-corrected chi connectivity index (χ3v) is 2.73. The summed E-state index contributed by atoms with van der Waals surface area (Å²) >= 11 is 0. The Bertz CT molecular complexity index is 235. The number of hydrogen-bond donors (Lipinski definition) is 1. The van der Waals surface area contributed by atoms with E-state index in [1.165, 1.54) is 0 Å². The summed E-state index contributed by atoms with van der Waals surface area (Å²) in [5.41, 5.74) is 0.879. The lowest BCUT2D eigenvalue weighted by Crippen LogP contribution is -2.33. The van der Waals surface area contributed by atoms with Gasteiger partial charge in [0.25, 0.3) is 0 Å². The van der Waals surface area contributed by atoms with E-state index in [2.05, 4.69) is 12.2 Å². The second kappa shape index (κ2) is 5.15. The molecule has 1 rings (SSSR count). The molecule has 1 aliphatic heterocycles. The first-order valence-electron chi connectivity index (χ1n) is 5.32. The Balaban J connectivity index is 2.51. The molecule has 1 amide bonds. The molecule has 3 nitrogen and oxygen atoms in total. The van der Waals surface area contributed by atoms with Gasteiger partial charge in [-0.3, -0.25) is 4.79 Å². The molecular weight excluding hydrogens is 176 g/mol. The first-order chi connectivity index (χ1) is 6.69. The van der Waals surface area contributed by atoms with Gasteiger partial charge in [0.1, 0.15) is 0 Å². The number of rotatable bonds is 3. The van der Waals surface area contributed by atoms with Gasteiger partial charge in [0.2, 0.25) is 5.91 Å². The number of amides is 1. The monoisotopic (exact) mass is 196 g/mol. The van der Waals surface area contributed by atoms with Crippen LogP contribution in [0.1, 0.15) is 26.7 Å². The highest BCUT2D eigenvalue weighted by Gasteiger charge is 2.25. The van der Waals surface area contributed by atoms with Crippen LogP contribution in [-0.4, -0.2) is 37.0 Å². The second-order valence-corrected chi connectivity index (χ2v) is 3.82. The van der Waals surface area contributed by atoms with E-state index >= 15 is 0 Å². The molecule has 1 N–H and O–H groups in total. The summed E-state index contributed by atoms with van der Waals surface area (Å²) < 4.78 is 0. The van der Waals surface area contributed by atoms with Gasteiger partial charge in [0, 0.05) is 24.7 Å². The summed E-state index contributed by atoms with van der Waals surface area (Å²) in [6, 6.07) is 0.480. The molecule has 80 valence electrons. The predicted molar refractivity (Wildman–Crippen MR) is 58.1 cm³/mol. The molecule has 0 aliphatic carbocycles. The SMILES string of the molecule is CC/C=C(/C)C(=O)N1CCC(NC)C1. The van der Waals surface area contributed by atoms with Crippen molar-refractivity contribution in [2.75, 3.05) is 20.1 Å². The van der Waals surface area contributed by atoms with Crippen LogP contribution in [0.2, 0.25) is 0 Å². The zero-order valence-corrected chi connectivity index (χ0v) is 9.34. The Morgan fingerprint density at radius 1 is 1.64 bits per heavy atom. The molecule has 0 bridgehead atoms. The van der Waals surface area contributed by atoms with E-state index in [0.717, 1.165) is 31.5 Å². The van der Waals surface area contributed by atoms with Crippen LogP contribution >= 0.6 is 0 Å². The quantitative estimate of drug-likeness (QED) is 0.687. The van der Waals surface area contributed by atoms with Crippen LogP contribution < -0.4 is 5.32 Å². The Labute approximate surface area is 86.2 Å². The van der Waals surface area contributed by atoms with E-state index in [4.69, 9.17) is 0 Å². The Morgan fingerprint density at radius 2 is 2.36 bits per heavy atom. The number of nitrogens with zero attached hydrogens (tertiary/aromatic N) is 1. The summed E-state index contributed by atoms with van der Waals surface area (Å²) in [5.74, 6) is 0.199. The van der Waals surface area contributed by atoms with Gasteiger partial charge in [0.15, 0.2) is 0 Å². The Morgan fingerprint density at radius 3 is 2.86 bits per heavy atom. The third-order valence-electron chi connectivity index (χ3n) is 2.73. The molecule has 1 saturated heterocycles. The largest absolute Gasteiger partial charge is 0.337 e. The minimum absolute atomic E-state index is 0.199. The van der Waals surface area contributed by atoms with E-state index in [1.807, 2.05) is 24.9 Å². The van der Waals surface area contributed by atoms with E-state index in [1.54, 1.807) is 0 Å². The van der Waals surface area contributed by atoms with Crippen molar-refractivity contribution in [2.45, 2.75) is 32.7 Å². The molecule has 3 heteroatoms. The number of likely N-dealkylation sites (tertiary alicyclic amines) is 1. The Hall–Kier alpha value is -0.830. The van der Waals surface area contributed by atoms with Crippen LogP contribution in [-0.2, 0) is 4.79 Å². The second-order valence-electron chi connectivity index (χ2n) is 3.82. The summed E-state index contributed by atoms with van der Waals surface area (Å²) in [5, 5.41) is 3.21. The third kappa shape index (κ3) is 2.58. The first-order valence-corrected chi connectivity index (χ1v) is 5.32. The van der Waals surface area contributed by atoms with Crippen LogP contribution in [0, 0.1) is 0 Å². The van der Waals surface area contributed by atoms with Crippen molar-refractivity contribution in [1.82, 2.24) is 10.2 Å². The van der Waals surface area contributed by atoms with Crippen molar-refractivity contribution in [3.05, 3.63) is 11.6 Å². The summed E-state index contributed by atoms with van der Waals surface area (Å²) in [7, 11) is 1.95. The highest BCUT2D eigenvalue weighted by Crippen LogP contribution is 2.12. The zero-order chi connectivity index (χ0) is 10.6. The van der Waals surface area contributed by atoms with Gasteiger partial charge in [-0.05, 0) is 26.8 Å². The molecule has 1 atom stereocenters. The molecule has 1 unspecified atom stereocenters. The maximum absolute atomic E-state index is 11.8. The molecular formula is C11H20N2O. The fraction of sp³-hybridized carbons (Fsp3) is 0.727. The van der Waals surface area contributed by atoms with E-state index in [9.17, 15) is 4.79 Å². The average molecular weight is 196 g/mol. The normalized spacial score (nSPS) is 22.9. The van der Waals surface area contributed by atoms with Crippen molar-refractivity contribution in [1.29, 1.82) is 0 Å². The van der Waals surface area contributed by atoms with Crippen LogP contribution in [0.4, 0.5) is 0 Å². The van der Waals surface area contributed by atoms with Crippen molar-refractivity contribution < 1.29 is 4.79 Å². The standard InChI is InChI=1S/C11H20N2O/c1-4-5-9(2)11(14)13-7-6-10(8-13)12-3/h5,10,12H,4,6-8H2,1-3H3/b9-5-. The average Bonchev–Trinajstić information content (AvgIpc) is 2.65. The highest BCUT2D eigenvalue weighted by atomic mass is 16.2. The molecule has 0 aromatic heterocycles. The fourth-order valence-electron chi connectivity index (χ4n) is 1.82. The minimum Gasteiger partial charge on any atom is -0.337 e. The number of nitrogens with one attached hydrogen (secondary N) is 1. The molecule has 0 spiro atoms. The molecule has 0 aromatic rings. The fourth-order valence-corrected chi connectivity index (χ4v) is 1.82. The number of carbonyl (C=O) groups is 1. The molecule has 0 aromatic carbocycles. The van der Waals surface area contributed by atoms with Gasteiger partial charge in [-0.15, -0.1) is 0 Å². The van der Waals surface area contributed by atoms with Crippen LogP contribution in [0.15, 0.2) is 11.6 Å². The number of allylic oxidation sites excluding steroid dienone is 1. The minimum atomic E-state index is 0.199. The maximum Gasteiger partial charge on any atom is 0.249 e. The van der Waals surface area contributed by atoms with Gasteiger partial charge in [-0.25, -0.2) is 0 Å². The van der Waals surface area contributed by atoms with Crippen LogP contribution in [0.3, 0.4) is 0 Å². The Kier molecular flexibility index (Phi) is 4.14. The van der Waals surface area contributed by atoms with Crippen molar-refractivity contribution in [3.63, 3.8) is 0 Å². The van der Waals surface area contributed by atoms with Gasteiger partial charge in [-0.1, -0.05) is 13.0 Å². The topological polar surface area (TPSA) is 32.3 Å². The van der Waals surface area contributed by atoms with Crippen molar-refractivity contribution in [2.24, 2.45) is 0 Å². The van der Waals surface area contributed by atoms with Crippen molar-refractivity contribution >= 4 is 5.91 Å². The summed E-state index contributed by atoms with van der Waals surface area (Å²) in [6.45, 7) is 5.69. The lowest BCUT2D eigenvalue weighted by molar-refractivity contribution is -0.126. The smallest absolute Gasteiger partial charge is 0.249 e. The van der Waals surface area contributed by atoms with Gasteiger partial charge >= 0.3 is 0 Å². The summed E-state index contributed by atoms with van der Waals surface area (Å²) in [4.78, 5) is 13.8. The lowest BCUT2D eigenvalue weighted by Gasteiger charge is -2.16. The van der Waals surface area contributed by atoms with E-state index in [0.29, 0.717) is 6.04 Å². The van der Waals surface area contributed by atoms with Gasteiger partial charge < -0.3 is 10.2 Å². The molecule has 0 saturated carbocycles. The molecule has 14 heavy (non-hydrogen) atoms. The predicted octanol–water partition coefficient (Wildman–Crippen LogP) is 1.16. The number of carbonyl (C=O) groups excluding carboxylic acids is 1. The molecule has 1 aliphatic rings. The van der Waals surface area contributed by atoms with E-state index < -0.39 is 0 Å². The number of hydrogen-bond acceptors (Lipinski definition) is 2. The summed E-state index contributed by atoms with van der Waals surface area (Å²) in [6.07, 6.45) is 4.00. The highest BCUT2D eigenvalue weighted by molar-refractivity contribution is 5.93. The maximum atomic E-state index is 11.8. The molecule has 0 radical (unpaired) electrons. The van der Waals surface area contributed by atoms with Crippen molar-refractivity contribution in [3.8, 4) is 0 Å². The van der Waals surface area contributed by atoms with Gasteiger partial charge in [-0.2, -0.15) is 0 Å². The lowest BCUT2D eigenvalue weighted by atomic mass is 10.2. The zero-order valence-electron chi connectivity index (χ0n) is 9.34. The van der Waals surface area contributed by atoms with Crippen LogP contribution in [0.25, 0.3) is 0 Å². The van der Waals surface area contributed by atoms with Crippen LogP contribution in [0.5, 0.6) is 0 Å². The number of likely N-dealkylation sites (N-methyl/N-ethyl adjacent to an activating group) is 1. The van der Waals surface area contributed by atoms with E-state index in [-0.39, 0.29) is 5.91 Å². The molecule has 1 fully saturated rings. The molecule has 1 heterocycles. The van der Waals surface area contributed by atoms with Gasteiger partial charge in [0.05, 0.1) is 0 Å².